The standard InChI is InChI=1S/C20H20N4O3S/c1-3-23-18(14-8-4-6-10-16(14)26-2)21-22-19(23)28-13-12-24-15-9-5-7-11-17(15)27-20(24)25/h4-11H,3,12-13H2,1-2H3. The minimum atomic E-state index is -0.339. The zero-order chi connectivity index (χ0) is 19.5. The maximum atomic E-state index is 12.1. The largest absolute Gasteiger partial charge is 0.496 e. The Bertz CT molecular complexity index is 1160. The average molecular weight is 396 g/mol. The molecule has 0 atom stereocenters. The number of aromatic nitrogens is 4. The minimum absolute atomic E-state index is 0.339. The lowest BCUT2D eigenvalue weighted by Crippen LogP contribution is -2.15. The van der Waals surface area contributed by atoms with Gasteiger partial charge in [-0.25, -0.2) is 4.79 Å². The Balaban J connectivity index is 1.55. The first-order chi connectivity index (χ1) is 13.7. The number of oxazole rings is 1. The molecule has 0 saturated heterocycles. The number of methoxy groups -OCH3 is 1. The van der Waals surface area contributed by atoms with Crippen LogP contribution in [-0.2, 0) is 13.1 Å². The number of benzene rings is 2. The van der Waals surface area contributed by atoms with E-state index in [1.165, 1.54) is 0 Å². The van der Waals surface area contributed by atoms with Crippen molar-refractivity contribution in [1.29, 1.82) is 0 Å². The molecule has 0 saturated carbocycles. The van der Waals surface area contributed by atoms with E-state index in [2.05, 4.69) is 21.7 Å². The molecule has 28 heavy (non-hydrogen) atoms. The molecule has 8 heteroatoms. The predicted molar refractivity (Wildman–Crippen MR) is 109 cm³/mol. The first-order valence-electron chi connectivity index (χ1n) is 9.00. The number of rotatable bonds is 7. The fraction of sp³-hybridized carbons (Fsp3) is 0.250. The number of ether oxygens (including phenoxy) is 1. The molecule has 0 amide bonds. The van der Waals surface area contributed by atoms with Gasteiger partial charge in [0.25, 0.3) is 0 Å². The third kappa shape index (κ3) is 3.31. The van der Waals surface area contributed by atoms with E-state index in [0.717, 1.165) is 34.4 Å². The van der Waals surface area contributed by atoms with Gasteiger partial charge in [-0.3, -0.25) is 4.57 Å². The Morgan fingerprint density at radius 3 is 2.68 bits per heavy atom. The Morgan fingerprint density at radius 1 is 1.07 bits per heavy atom. The fourth-order valence-corrected chi connectivity index (χ4v) is 4.09. The zero-order valence-electron chi connectivity index (χ0n) is 15.7. The maximum absolute atomic E-state index is 12.1. The summed E-state index contributed by atoms with van der Waals surface area (Å²) < 4.78 is 14.4. The smallest absolute Gasteiger partial charge is 0.419 e. The summed E-state index contributed by atoms with van der Waals surface area (Å²) >= 11 is 1.56. The summed E-state index contributed by atoms with van der Waals surface area (Å²) in [5, 5.41) is 9.54. The Hall–Kier alpha value is -3.00. The van der Waals surface area contributed by atoms with E-state index < -0.39 is 0 Å². The van der Waals surface area contributed by atoms with E-state index in [-0.39, 0.29) is 5.76 Å². The van der Waals surface area contributed by atoms with E-state index in [9.17, 15) is 4.79 Å². The summed E-state index contributed by atoms with van der Waals surface area (Å²) in [5.41, 5.74) is 2.32. The lowest BCUT2D eigenvalue weighted by atomic mass is 10.2. The summed E-state index contributed by atoms with van der Waals surface area (Å²) in [6.45, 7) is 3.32. The quantitative estimate of drug-likeness (QED) is 0.444. The zero-order valence-corrected chi connectivity index (χ0v) is 16.5. The molecule has 7 nitrogen and oxygen atoms in total. The number of fused-ring (bicyclic) bond motifs is 1. The lowest BCUT2D eigenvalue weighted by Gasteiger charge is -2.10. The molecule has 2 aromatic heterocycles. The van der Waals surface area contributed by atoms with E-state index in [0.29, 0.717) is 17.9 Å². The van der Waals surface area contributed by atoms with Crippen LogP contribution in [0.1, 0.15) is 6.92 Å². The Morgan fingerprint density at radius 2 is 1.86 bits per heavy atom. The van der Waals surface area contributed by atoms with Crippen LogP contribution in [0.2, 0.25) is 0 Å². The van der Waals surface area contributed by atoms with Crippen LogP contribution in [0.5, 0.6) is 5.75 Å². The number of para-hydroxylation sites is 3. The van der Waals surface area contributed by atoms with E-state index in [1.807, 2.05) is 42.5 Å². The van der Waals surface area contributed by atoms with Crippen molar-refractivity contribution >= 4 is 22.9 Å². The highest BCUT2D eigenvalue weighted by Crippen LogP contribution is 2.30. The van der Waals surface area contributed by atoms with Gasteiger partial charge in [-0.15, -0.1) is 10.2 Å². The van der Waals surface area contributed by atoms with Gasteiger partial charge in [0.05, 0.1) is 18.2 Å². The third-order valence-electron chi connectivity index (χ3n) is 4.50. The Labute approximate surface area is 166 Å². The van der Waals surface area contributed by atoms with E-state index in [4.69, 9.17) is 9.15 Å². The van der Waals surface area contributed by atoms with Crippen molar-refractivity contribution in [2.24, 2.45) is 0 Å². The van der Waals surface area contributed by atoms with Gasteiger partial charge in [0.2, 0.25) is 0 Å². The number of hydrogen-bond donors (Lipinski definition) is 0. The van der Waals surface area contributed by atoms with Gasteiger partial charge in [-0.2, -0.15) is 0 Å². The summed E-state index contributed by atoms with van der Waals surface area (Å²) in [6.07, 6.45) is 0. The topological polar surface area (TPSA) is 75.1 Å². The molecule has 2 heterocycles. The maximum Gasteiger partial charge on any atom is 0.419 e. The highest BCUT2D eigenvalue weighted by atomic mass is 32.2. The van der Waals surface area contributed by atoms with Crippen LogP contribution in [0.25, 0.3) is 22.5 Å². The number of thioether (sulfide) groups is 1. The van der Waals surface area contributed by atoms with Gasteiger partial charge in [-0.1, -0.05) is 36.0 Å². The molecule has 0 fully saturated rings. The molecule has 0 unspecified atom stereocenters. The van der Waals surface area contributed by atoms with Gasteiger partial charge in [-0.05, 0) is 31.2 Å². The molecule has 0 aliphatic heterocycles. The molecule has 2 aromatic carbocycles. The van der Waals surface area contributed by atoms with Crippen LogP contribution in [0, 0.1) is 0 Å². The molecule has 144 valence electrons. The van der Waals surface area contributed by atoms with Gasteiger partial charge in [0, 0.05) is 18.8 Å². The molecule has 4 aromatic rings. The average Bonchev–Trinajstić information content (AvgIpc) is 3.28. The summed E-state index contributed by atoms with van der Waals surface area (Å²) in [4.78, 5) is 12.1. The van der Waals surface area contributed by atoms with Crippen molar-refractivity contribution in [3.8, 4) is 17.1 Å². The highest BCUT2D eigenvalue weighted by Gasteiger charge is 2.16. The molecule has 4 rings (SSSR count). The fourth-order valence-electron chi connectivity index (χ4n) is 3.16. The number of hydrogen-bond acceptors (Lipinski definition) is 6. The molecule has 0 bridgehead atoms. The normalized spacial score (nSPS) is 11.2. The second-order valence-electron chi connectivity index (χ2n) is 6.09. The molecule has 0 aliphatic rings. The number of nitrogens with zero attached hydrogens (tertiary/aromatic N) is 4. The van der Waals surface area contributed by atoms with E-state index >= 15 is 0 Å². The van der Waals surface area contributed by atoms with Crippen molar-refractivity contribution < 1.29 is 9.15 Å². The highest BCUT2D eigenvalue weighted by molar-refractivity contribution is 7.99. The van der Waals surface area contributed by atoms with Crippen molar-refractivity contribution in [2.45, 2.75) is 25.2 Å². The van der Waals surface area contributed by atoms with Crippen molar-refractivity contribution in [3.63, 3.8) is 0 Å². The number of aryl methyl sites for hydroxylation is 1. The monoisotopic (exact) mass is 396 g/mol. The van der Waals surface area contributed by atoms with Crippen LogP contribution >= 0.6 is 11.8 Å². The van der Waals surface area contributed by atoms with Gasteiger partial charge in [0.15, 0.2) is 16.6 Å². The summed E-state index contributed by atoms with van der Waals surface area (Å²) in [5.74, 6) is 1.87. The van der Waals surface area contributed by atoms with Crippen LogP contribution in [0.3, 0.4) is 0 Å². The van der Waals surface area contributed by atoms with E-state index in [1.54, 1.807) is 29.5 Å². The lowest BCUT2D eigenvalue weighted by molar-refractivity contribution is 0.416. The molecular formula is C20H20N4O3S. The first-order valence-corrected chi connectivity index (χ1v) is 9.99. The minimum Gasteiger partial charge on any atom is -0.496 e. The van der Waals surface area contributed by atoms with Crippen LogP contribution in [0.15, 0.2) is 62.9 Å². The first kappa shape index (κ1) is 18.4. The predicted octanol–water partition coefficient (Wildman–Crippen LogP) is 3.67. The second-order valence-corrected chi connectivity index (χ2v) is 7.15. The van der Waals surface area contributed by atoms with Crippen molar-refractivity contribution in [3.05, 3.63) is 59.1 Å². The van der Waals surface area contributed by atoms with Gasteiger partial charge < -0.3 is 13.7 Å². The van der Waals surface area contributed by atoms with Crippen LogP contribution in [-0.4, -0.2) is 32.2 Å². The Kier molecular flexibility index (Phi) is 5.21. The second kappa shape index (κ2) is 7.93. The summed E-state index contributed by atoms with van der Waals surface area (Å²) in [6, 6.07) is 15.2. The van der Waals surface area contributed by atoms with Crippen LogP contribution in [0.4, 0.5) is 0 Å². The molecule has 0 radical (unpaired) electrons. The van der Waals surface area contributed by atoms with Crippen molar-refractivity contribution in [1.82, 2.24) is 19.3 Å². The molecule has 0 N–H and O–H groups in total. The van der Waals surface area contributed by atoms with Gasteiger partial charge >= 0.3 is 5.76 Å². The summed E-state index contributed by atoms with van der Waals surface area (Å²) in [7, 11) is 1.65. The van der Waals surface area contributed by atoms with Gasteiger partial charge in [0.1, 0.15) is 5.75 Å². The molecule has 0 spiro atoms. The van der Waals surface area contributed by atoms with Crippen LogP contribution < -0.4 is 10.5 Å². The third-order valence-corrected chi connectivity index (χ3v) is 5.45. The molecule has 0 aliphatic carbocycles. The molecular weight excluding hydrogens is 376 g/mol. The van der Waals surface area contributed by atoms with Crippen molar-refractivity contribution in [2.75, 3.05) is 12.9 Å². The SMILES string of the molecule is CCn1c(SCCn2c(=O)oc3ccccc32)nnc1-c1ccccc1OC.